The van der Waals surface area contributed by atoms with Gasteiger partial charge in [-0.3, -0.25) is 4.79 Å². The number of carbonyl (C=O) groups excluding carboxylic acids is 1. The van der Waals surface area contributed by atoms with E-state index in [0.717, 1.165) is 21.7 Å². The zero-order valence-electron chi connectivity index (χ0n) is 13.8. The van der Waals surface area contributed by atoms with Crippen molar-refractivity contribution in [3.8, 4) is 5.75 Å². The van der Waals surface area contributed by atoms with Crippen molar-refractivity contribution in [1.82, 2.24) is 5.32 Å². The van der Waals surface area contributed by atoms with E-state index in [1.165, 1.54) is 0 Å². The molecule has 0 fully saturated rings. The zero-order chi connectivity index (χ0) is 16.6. The molecular weight excluding hydrogens is 400 g/mol. The maximum absolute atomic E-state index is 11.8. The van der Waals surface area contributed by atoms with Crippen molar-refractivity contribution in [3.63, 3.8) is 0 Å². The number of hydrogen-bond acceptors (Lipinski definition) is 4. The fourth-order valence-electron chi connectivity index (χ4n) is 1.63. The Labute approximate surface area is 157 Å². The van der Waals surface area contributed by atoms with Gasteiger partial charge in [-0.1, -0.05) is 42.8 Å². The lowest BCUT2D eigenvalue weighted by Crippen LogP contribution is -2.49. The third-order valence-corrected chi connectivity index (χ3v) is 4.49. The Hall–Kier alpha value is -0.430. The summed E-state index contributed by atoms with van der Waals surface area (Å²) in [7, 11) is 0. The number of halogens is 2. The number of hydrogen-bond donors (Lipinski definition) is 2. The van der Waals surface area contributed by atoms with Crippen molar-refractivity contribution in [1.29, 1.82) is 0 Å². The van der Waals surface area contributed by atoms with E-state index in [1.54, 1.807) is 11.8 Å². The van der Waals surface area contributed by atoms with Crippen LogP contribution in [0.1, 0.15) is 20.8 Å². The summed E-state index contributed by atoms with van der Waals surface area (Å²) in [6.07, 6.45) is 0. The predicted octanol–water partition coefficient (Wildman–Crippen LogP) is 3.47. The SMILES string of the molecule is CC(C)(C)[C@H](N)C(=O)NCCSCCOc1cccc(Br)c1.Cl. The number of benzene rings is 1. The summed E-state index contributed by atoms with van der Waals surface area (Å²) in [5.41, 5.74) is 5.68. The van der Waals surface area contributed by atoms with Crippen LogP contribution in [0.4, 0.5) is 0 Å². The van der Waals surface area contributed by atoms with Gasteiger partial charge < -0.3 is 15.8 Å². The van der Waals surface area contributed by atoms with Crippen molar-refractivity contribution in [2.24, 2.45) is 11.1 Å². The monoisotopic (exact) mass is 424 g/mol. The Kier molecular flexibility index (Phi) is 11.0. The standard InChI is InChI=1S/C16H25BrN2O2S.ClH/c1-16(2,3)14(18)15(20)19-7-9-22-10-8-21-13-6-4-5-12(17)11-13;/h4-6,11,14H,7-10,18H2,1-3H3,(H,19,20);1H/t14-;/m1./s1. The third kappa shape index (κ3) is 9.45. The minimum absolute atomic E-state index is 0. The molecule has 0 radical (unpaired) electrons. The van der Waals surface area contributed by atoms with Crippen LogP contribution in [0.25, 0.3) is 0 Å². The molecule has 1 atom stereocenters. The lowest BCUT2D eigenvalue weighted by molar-refractivity contribution is -0.124. The summed E-state index contributed by atoms with van der Waals surface area (Å²) in [5.74, 6) is 2.51. The van der Waals surface area contributed by atoms with Crippen molar-refractivity contribution >= 4 is 46.0 Å². The van der Waals surface area contributed by atoms with Crippen LogP contribution in [-0.4, -0.2) is 36.6 Å². The van der Waals surface area contributed by atoms with Crippen LogP contribution in [-0.2, 0) is 4.79 Å². The van der Waals surface area contributed by atoms with Crippen molar-refractivity contribution in [2.45, 2.75) is 26.8 Å². The van der Waals surface area contributed by atoms with Crippen LogP contribution in [0.5, 0.6) is 5.75 Å². The van der Waals surface area contributed by atoms with Crippen molar-refractivity contribution < 1.29 is 9.53 Å². The topological polar surface area (TPSA) is 64.4 Å². The Morgan fingerprint density at radius 2 is 2.09 bits per heavy atom. The predicted molar refractivity (Wildman–Crippen MR) is 105 cm³/mol. The summed E-state index contributed by atoms with van der Waals surface area (Å²) >= 11 is 5.15. The largest absolute Gasteiger partial charge is 0.493 e. The molecule has 0 spiro atoms. The molecule has 0 aliphatic carbocycles. The first-order valence-electron chi connectivity index (χ1n) is 7.30. The number of nitrogens with two attached hydrogens (primary N) is 1. The van der Waals surface area contributed by atoms with Gasteiger partial charge in [-0.05, 0) is 23.6 Å². The van der Waals surface area contributed by atoms with Gasteiger partial charge in [0, 0.05) is 22.5 Å². The summed E-state index contributed by atoms with van der Waals surface area (Å²) in [6, 6.07) is 7.31. The number of nitrogens with one attached hydrogen (secondary N) is 1. The maximum Gasteiger partial charge on any atom is 0.237 e. The van der Waals surface area contributed by atoms with E-state index >= 15 is 0 Å². The molecule has 7 heteroatoms. The molecule has 23 heavy (non-hydrogen) atoms. The molecule has 0 saturated heterocycles. The number of rotatable bonds is 8. The summed E-state index contributed by atoms with van der Waals surface area (Å²) in [4.78, 5) is 11.8. The molecule has 132 valence electrons. The van der Waals surface area contributed by atoms with E-state index < -0.39 is 6.04 Å². The molecule has 0 aliphatic heterocycles. The second-order valence-electron chi connectivity index (χ2n) is 6.05. The molecule has 3 N–H and O–H groups in total. The molecule has 4 nitrogen and oxygen atoms in total. The van der Waals surface area contributed by atoms with Crippen LogP contribution >= 0.6 is 40.1 Å². The normalized spacial score (nSPS) is 12.2. The molecule has 1 rings (SSSR count). The molecule has 1 amide bonds. The Bertz CT molecular complexity index is 483. The molecule has 1 aromatic rings. The zero-order valence-corrected chi connectivity index (χ0v) is 17.0. The van der Waals surface area contributed by atoms with Gasteiger partial charge in [-0.25, -0.2) is 0 Å². The Morgan fingerprint density at radius 1 is 1.39 bits per heavy atom. The quantitative estimate of drug-likeness (QED) is 0.626. The first-order valence-corrected chi connectivity index (χ1v) is 9.25. The highest BCUT2D eigenvalue weighted by Gasteiger charge is 2.26. The second-order valence-corrected chi connectivity index (χ2v) is 8.19. The molecule has 0 aliphatic rings. The van der Waals surface area contributed by atoms with Crippen LogP contribution < -0.4 is 15.8 Å². The van der Waals surface area contributed by atoms with Gasteiger partial charge in [-0.15, -0.1) is 12.4 Å². The summed E-state index contributed by atoms with van der Waals surface area (Å²) < 4.78 is 6.65. The van der Waals surface area contributed by atoms with Gasteiger partial charge in [0.15, 0.2) is 0 Å². The minimum atomic E-state index is -0.475. The lowest BCUT2D eigenvalue weighted by Gasteiger charge is -2.25. The van der Waals surface area contributed by atoms with Gasteiger partial charge in [0.25, 0.3) is 0 Å². The van der Waals surface area contributed by atoms with Gasteiger partial charge in [0.2, 0.25) is 5.91 Å². The molecule has 0 bridgehead atoms. The van der Waals surface area contributed by atoms with Crippen LogP contribution in [0.3, 0.4) is 0 Å². The highest BCUT2D eigenvalue weighted by Crippen LogP contribution is 2.18. The molecular formula is C16H26BrClN2O2S. The van der Waals surface area contributed by atoms with Crippen LogP contribution in [0.2, 0.25) is 0 Å². The average Bonchev–Trinajstić information content (AvgIpc) is 2.44. The first-order chi connectivity index (χ1) is 10.3. The number of carbonyl (C=O) groups is 1. The fraction of sp³-hybridized carbons (Fsp3) is 0.562. The van der Waals surface area contributed by atoms with Crippen LogP contribution in [0, 0.1) is 5.41 Å². The van der Waals surface area contributed by atoms with Crippen LogP contribution in [0.15, 0.2) is 28.7 Å². The third-order valence-electron chi connectivity index (χ3n) is 3.05. The summed E-state index contributed by atoms with van der Waals surface area (Å²) in [6.45, 7) is 7.17. The van der Waals surface area contributed by atoms with Gasteiger partial charge in [-0.2, -0.15) is 11.8 Å². The minimum Gasteiger partial charge on any atom is -0.493 e. The highest BCUT2D eigenvalue weighted by atomic mass is 79.9. The van der Waals surface area contributed by atoms with E-state index in [0.29, 0.717) is 13.2 Å². The smallest absolute Gasteiger partial charge is 0.237 e. The molecule has 0 aromatic heterocycles. The van der Waals surface area contributed by atoms with E-state index in [4.69, 9.17) is 10.5 Å². The van der Waals surface area contributed by atoms with Gasteiger partial charge in [0.05, 0.1) is 12.6 Å². The van der Waals surface area contributed by atoms with Crippen molar-refractivity contribution in [3.05, 3.63) is 28.7 Å². The molecule has 0 heterocycles. The molecule has 0 saturated carbocycles. The Balaban J connectivity index is 0.00000484. The highest BCUT2D eigenvalue weighted by molar-refractivity contribution is 9.10. The first kappa shape index (κ1) is 22.6. The second kappa shape index (κ2) is 11.2. The van der Waals surface area contributed by atoms with E-state index in [2.05, 4.69) is 21.2 Å². The van der Waals surface area contributed by atoms with Gasteiger partial charge in [0.1, 0.15) is 5.75 Å². The molecule has 0 unspecified atom stereocenters. The Morgan fingerprint density at radius 3 is 2.70 bits per heavy atom. The average molecular weight is 426 g/mol. The number of amides is 1. The maximum atomic E-state index is 11.8. The van der Waals surface area contributed by atoms with Gasteiger partial charge >= 0.3 is 0 Å². The summed E-state index contributed by atoms with van der Waals surface area (Å²) in [5, 5.41) is 2.87. The van der Waals surface area contributed by atoms with E-state index in [9.17, 15) is 4.79 Å². The van der Waals surface area contributed by atoms with E-state index in [-0.39, 0.29) is 23.7 Å². The lowest BCUT2D eigenvalue weighted by atomic mass is 9.87. The van der Waals surface area contributed by atoms with E-state index in [1.807, 2.05) is 45.0 Å². The molecule has 1 aromatic carbocycles. The number of ether oxygens (including phenoxy) is 1. The number of thioether (sulfide) groups is 1. The fourth-order valence-corrected chi connectivity index (χ4v) is 2.66. The van der Waals surface area contributed by atoms with Crippen molar-refractivity contribution in [2.75, 3.05) is 24.7 Å².